The summed E-state index contributed by atoms with van der Waals surface area (Å²) in [5.41, 5.74) is -0.0541. The van der Waals surface area contributed by atoms with E-state index in [-0.39, 0.29) is 22.4 Å². The topological polar surface area (TPSA) is 85.7 Å². The lowest BCUT2D eigenvalue weighted by Gasteiger charge is -1.99. The zero-order valence-corrected chi connectivity index (χ0v) is 8.68. The summed E-state index contributed by atoms with van der Waals surface area (Å²) in [5.74, 6) is -0.428. The first-order chi connectivity index (χ1) is 7.69. The van der Waals surface area contributed by atoms with Gasteiger partial charge in [0, 0.05) is 6.20 Å². The Labute approximate surface area is 89.6 Å². The van der Waals surface area contributed by atoms with E-state index in [1.54, 1.807) is 0 Å². The summed E-state index contributed by atoms with van der Waals surface area (Å²) >= 11 is 0. The number of rotatable bonds is 2. The first-order valence-corrected chi connectivity index (χ1v) is 4.40. The third-order valence-corrected chi connectivity index (χ3v) is 2.14. The second-order valence-electron chi connectivity index (χ2n) is 2.98. The van der Waals surface area contributed by atoms with Crippen molar-refractivity contribution in [3.05, 3.63) is 28.4 Å². The number of aromatic nitrogens is 3. The minimum Gasteiger partial charge on any atom is -0.493 e. The summed E-state index contributed by atoms with van der Waals surface area (Å²) < 4.78 is 10.9. The number of hydrogen-bond donors (Lipinski definition) is 1. The average molecular weight is 223 g/mol. The Morgan fingerprint density at radius 2 is 2.25 bits per heavy atom. The second-order valence-corrected chi connectivity index (χ2v) is 2.98. The van der Waals surface area contributed by atoms with Crippen molar-refractivity contribution in [1.29, 1.82) is 0 Å². The van der Waals surface area contributed by atoms with Crippen LogP contribution in [0.3, 0.4) is 0 Å². The number of fused-ring (bicyclic) bond motifs is 1. The molecule has 0 bridgehead atoms. The number of carbonyl (C=O) groups is 1. The van der Waals surface area contributed by atoms with Gasteiger partial charge >= 0.3 is 5.97 Å². The highest BCUT2D eigenvalue weighted by atomic mass is 16.5. The SMILES string of the molecule is COC(=O)c1cn2nc[nH]c(=O)c2c1OC. The zero-order chi connectivity index (χ0) is 11.7. The molecule has 0 aromatic carbocycles. The number of H-pyrrole nitrogens is 1. The van der Waals surface area contributed by atoms with Gasteiger partial charge in [-0.3, -0.25) is 4.79 Å². The molecule has 0 fully saturated rings. The standard InChI is InChI=1S/C9H9N3O4/c1-15-7-5(9(14)16-2)3-12-6(7)8(13)10-4-11-12/h3-4H,1-2H3,(H,10,11,13). The van der Waals surface area contributed by atoms with E-state index < -0.39 is 5.97 Å². The summed E-state index contributed by atoms with van der Waals surface area (Å²) in [5, 5.41) is 3.86. The van der Waals surface area contributed by atoms with Crippen molar-refractivity contribution in [3.8, 4) is 5.75 Å². The van der Waals surface area contributed by atoms with E-state index in [2.05, 4.69) is 14.8 Å². The number of esters is 1. The molecule has 0 spiro atoms. The second kappa shape index (κ2) is 3.69. The molecule has 0 aliphatic carbocycles. The maximum absolute atomic E-state index is 11.5. The molecule has 7 nitrogen and oxygen atoms in total. The number of methoxy groups -OCH3 is 2. The minimum atomic E-state index is -0.582. The van der Waals surface area contributed by atoms with Crippen LogP contribution in [0.5, 0.6) is 5.75 Å². The van der Waals surface area contributed by atoms with Gasteiger partial charge in [0.2, 0.25) is 0 Å². The third-order valence-electron chi connectivity index (χ3n) is 2.14. The van der Waals surface area contributed by atoms with Crippen molar-refractivity contribution in [1.82, 2.24) is 14.6 Å². The molecular formula is C9H9N3O4. The van der Waals surface area contributed by atoms with Gasteiger partial charge in [0.25, 0.3) is 5.56 Å². The summed E-state index contributed by atoms with van der Waals surface area (Å²) in [6, 6.07) is 0. The van der Waals surface area contributed by atoms with E-state index in [1.165, 1.54) is 31.3 Å². The molecule has 2 aromatic heterocycles. The van der Waals surface area contributed by atoms with Crippen molar-refractivity contribution >= 4 is 11.5 Å². The van der Waals surface area contributed by atoms with E-state index in [0.29, 0.717) is 0 Å². The molecule has 0 amide bonds. The summed E-state index contributed by atoms with van der Waals surface area (Å²) in [6.07, 6.45) is 2.62. The molecule has 2 heterocycles. The van der Waals surface area contributed by atoms with Crippen molar-refractivity contribution in [2.45, 2.75) is 0 Å². The van der Waals surface area contributed by atoms with Crippen LogP contribution in [0.15, 0.2) is 17.3 Å². The van der Waals surface area contributed by atoms with Gasteiger partial charge < -0.3 is 14.5 Å². The van der Waals surface area contributed by atoms with Gasteiger partial charge in [-0.05, 0) is 0 Å². The summed E-state index contributed by atoms with van der Waals surface area (Å²) in [4.78, 5) is 25.4. The van der Waals surface area contributed by atoms with E-state index in [1.807, 2.05) is 0 Å². The Morgan fingerprint density at radius 3 is 2.88 bits per heavy atom. The molecule has 0 aliphatic rings. The summed E-state index contributed by atoms with van der Waals surface area (Å²) in [6.45, 7) is 0. The monoisotopic (exact) mass is 223 g/mol. The Bertz CT molecular complexity index is 598. The molecule has 7 heteroatoms. The van der Waals surface area contributed by atoms with Crippen LogP contribution in [0.4, 0.5) is 0 Å². The smallest absolute Gasteiger partial charge is 0.343 e. The summed E-state index contributed by atoms with van der Waals surface area (Å²) in [7, 11) is 2.62. The van der Waals surface area contributed by atoms with E-state index >= 15 is 0 Å². The Balaban J connectivity index is 2.82. The predicted molar refractivity (Wildman–Crippen MR) is 53.7 cm³/mol. The highest BCUT2D eigenvalue weighted by Crippen LogP contribution is 2.23. The van der Waals surface area contributed by atoms with Crippen LogP contribution in [0, 0.1) is 0 Å². The normalized spacial score (nSPS) is 10.4. The fourth-order valence-electron chi connectivity index (χ4n) is 1.46. The number of nitrogens with one attached hydrogen (secondary N) is 1. The first-order valence-electron chi connectivity index (χ1n) is 4.40. The van der Waals surface area contributed by atoms with Gasteiger partial charge in [-0.1, -0.05) is 0 Å². The fourth-order valence-corrected chi connectivity index (χ4v) is 1.46. The average Bonchev–Trinajstić information content (AvgIpc) is 2.68. The lowest BCUT2D eigenvalue weighted by Crippen LogP contribution is -2.10. The van der Waals surface area contributed by atoms with Crippen molar-refractivity contribution in [2.24, 2.45) is 0 Å². The molecule has 84 valence electrons. The maximum Gasteiger partial charge on any atom is 0.343 e. The number of ether oxygens (including phenoxy) is 2. The lowest BCUT2D eigenvalue weighted by molar-refractivity contribution is 0.0597. The van der Waals surface area contributed by atoms with E-state index in [0.717, 1.165) is 0 Å². The van der Waals surface area contributed by atoms with Crippen LogP contribution in [0.1, 0.15) is 10.4 Å². The largest absolute Gasteiger partial charge is 0.493 e. The third kappa shape index (κ3) is 1.33. The van der Waals surface area contributed by atoms with Crippen molar-refractivity contribution in [2.75, 3.05) is 14.2 Å². The maximum atomic E-state index is 11.5. The number of aromatic amines is 1. The molecular weight excluding hydrogens is 214 g/mol. The molecule has 16 heavy (non-hydrogen) atoms. The highest BCUT2D eigenvalue weighted by molar-refractivity contribution is 5.95. The molecule has 2 rings (SSSR count). The predicted octanol–water partition coefficient (Wildman–Crippen LogP) is -0.182. The number of hydrogen-bond acceptors (Lipinski definition) is 5. The zero-order valence-electron chi connectivity index (χ0n) is 8.68. The van der Waals surface area contributed by atoms with Gasteiger partial charge in [0.1, 0.15) is 11.9 Å². The van der Waals surface area contributed by atoms with Gasteiger partial charge in [0.15, 0.2) is 11.3 Å². The lowest BCUT2D eigenvalue weighted by atomic mass is 10.3. The minimum absolute atomic E-state index is 0.154. The molecule has 2 aromatic rings. The Morgan fingerprint density at radius 1 is 1.50 bits per heavy atom. The molecule has 0 aliphatic heterocycles. The molecule has 0 saturated heterocycles. The molecule has 0 atom stereocenters. The van der Waals surface area contributed by atoms with Crippen LogP contribution in [0.2, 0.25) is 0 Å². The molecule has 1 N–H and O–H groups in total. The number of carbonyl (C=O) groups excluding carboxylic acids is 1. The van der Waals surface area contributed by atoms with Gasteiger partial charge in [0.05, 0.1) is 14.2 Å². The van der Waals surface area contributed by atoms with Crippen LogP contribution in [0.25, 0.3) is 5.52 Å². The number of nitrogens with zero attached hydrogens (tertiary/aromatic N) is 2. The van der Waals surface area contributed by atoms with Gasteiger partial charge in [-0.2, -0.15) is 5.10 Å². The van der Waals surface area contributed by atoms with E-state index in [9.17, 15) is 9.59 Å². The Kier molecular flexibility index (Phi) is 2.35. The van der Waals surface area contributed by atoms with Crippen LogP contribution < -0.4 is 10.3 Å². The van der Waals surface area contributed by atoms with Gasteiger partial charge in [-0.15, -0.1) is 0 Å². The molecule has 0 unspecified atom stereocenters. The molecule has 0 saturated carbocycles. The van der Waals surface area contributed by atoms with Gasteiger partial charge in [-0.25, -0.2) is 9.31 Å². The highest BCUT2D eigenvalue weighted by Gasteiger charge is 2.20. The van der Waals surface area contributed by atoms with E-state index in [4.69, 9.17) is 4.74 Å². The van der Waals surface area contributed by atoms with Crippen molar-refractivity contribution < 1.29 is 14.3 Å². The van der Waals surface area contributed by atoms with Crippen molar-refractivity contribution in [3.63, 3.8) is 0 Å². The van der Waals surface area contributed by atoms with Crippen LogP contribution >= 0.6 is 0 Å². The quantitative estimate of drug-likeness (QED) is 0.713. The Hall–Kier alpha value is -2.31. The first kappa shape index (κ1) is 10.2. The fraction of sp³-hybridized carbons (Fsp3) is 0.222. The van der Waals surface area contributed by atoms with Crippen LogP contribution in [-0.2, 0) is 4.74 Å². The molecule has 0 radical (unpaired) electrons. The van der Waals surface area contributed by atoms with Crippen LogP contribution in [-0.4, -0.2) is 34.8 Å².